The fourth-order valence-electron chi connectivity index (χ4n) is 1.61. The lowest BCUT2D eigenvalue weighted by atomic mass is 10.0. The average molecular weight is 178 g/mol. The number of fused-ring (bicyclic) bond motifs is 1. The summed E-state index contributed by atoms with van der Waals surface area (Å²) in [5.41, 5.74) is 2.26. The first kappa shape index (κ1) is 8.10. The summed E-state index contributed by atoms with van der Waals surface area (Å²) in [5.74, 6) is -0.391. The Labute approximate surface area is 76.0 Å². The summed E-state index contributed by atoms with van der Waals surface area (Å²) in [4.78, 5) is 11.2. The van der Waals surface area contributed by atoms with Crippen molar-refractivity contribution in [1.29, 1.82) is 0 Å². The van der Waals surface area contributed by atoms with Crippen molar-refractivity contribution < 1.29 is 14.6 Å². The van der Waals surface area contributed by atoms with E-state index in [2.05, 4.69) is 0 Å². The van der Waals surface area contributed by atoms with Crippen molar-refractivity contribution in [1.82, 2.24) is 0 Å². The van der Waals surface area contributed by atoms with Gasteiger partial charge < -0.3 is 9.84 Å². The largest absolute Gasteiger partial charge is 0.507 e. The molecule has 0 fully saturated rings. The number of carbonyl (C=O) groups is 1. The quantitative estimate of drug-likeness (QED) is 0.665. The number of aryl methyl sites for hydroxylation is 1. The van der Waals surface area contributed by atoms with E-state index in [1.807, 2.05) is 13.0 Å². The molecule has 1 heterocycles. The minimum Gasteiger partial charge on any atom is -0.507 e. The molecule has 0 amide bonds. The van der Waals surface area contributed by atoms with Gasteiger partial charge in [-0.25, -0.2) is 4.79 Å². The molecular weight excluding hydrogens is 168 g/mol. The van der Waals surface area contributed by atoms with Crippen LogP contribution in [0.15, 0.2) is 12.1 Å². The van der Waals surface area contributed by atoms with Crippen molar-refractivity contribution in [3.05, 3.63) is 28.8 Å². The Bertz CT molecular complexity index is 369. The van der Waals surface area contributed by atoms with Crippen LogP contribution < -0.4 is 0 Å². The van der Waals surface area contributed by atoms with Crippen molar-refractivity contribution in [3.8, 4) is 5.75 Å². The number of aromatic hydroxyl groups is 1. The van der Waals surface area contributed by atoms with Crippen LogP contribution in [0.5, 0.6) is 5.75 Å². The van der Waals surface area contributed by atoms with Gasteiger partial charge in [0.05, 0.1) is 0 Å². The highest BCUT2D eigenvalue weighted by Crippen LogP contribution is 2.31. The first-order chi connectivity index (χ1) is 6.24. The Balaban J connectivity index is 2.65. The molecule has 0 atom stereocenters. The van der Waals surface area contributed by atoms with Crippen LogP contribution in [0, 0.1) is 0 Å². The minimum atomic E-state index is -0.414. The Kier molecular flexibility index (Phi) is 1.72. The van der Waals surface area contributed by atoms with E-state index in [-0.39, 0.29) is 5.75 Å². The zero-order chi connectivity index (χ0) is 9.42. The van der Waals surface area contributed by atoms with Crippen LogP contribution in [0.1, 0.15) is 28.4 Å². The second-order valence-electron chi connectivity index (χ2n) is 3.03. The van der Waals surface area contributed by atoms with Crippen LogP contribution in [-0.2, 0) is 17.8 Å². The van der Waals surface area contributed by atoms with Gasteiger partial charge in [0.25, 0.3) is 0 Å². The fraction of sp³-hybridized carbons (Fsp3) is 0.300. The molecule has 0 saturated heterocycles. The molecule has 0 bridgehead atoms. The van der Waals surface area contributed by atoms with E-state index in [9.17, 15) is 9.90 Å². The number of phenols is 1. The van der Waals surface area contributed by atoms with Crippen LogP contribution in [0.3, 0.4) is 0 Å². The van der Waals surface area contributed by atoms with Crippen molar-refractivity contribution in [2.75, 3.05) is 0 Å². The van der Waals surface area contributed by atoms with Crippen molar-refractivity contribution in [3.63, 3.8) is 0 Å². The number of cyclic esters (lactones) is 1. The standard InChI is InChI=1S/C10H10O3/c1-2-6-3-4-8(11)9-7(6)5-13-10(9)12/h3-4,11H,2,5H2,1H3. The smallest absolute Gasteiger partial charge is 0.342 e. The number of rotatable bonds is 1. The topological polar surface area (TPSA) is 46.5 Å². The van der Waals surface area contributed by atoms with Crippen LogP contribution in [0.2, 0.25) is 0 Å². The van der Waals surface area contributed by atoms with Crippen LogP contribution in [0.4, 0.5) is 0 Å². The number of benzene rings is 1. The molecule has 68 valence electrons. The summed E-state index contributed by atoms with van der Waals surface area (Å²) in [5, 5.41) is 9.42. The molecule has 3 nitrogen and oxygen atoms in total. The predicted molar refractivity (Wildman–Crippen MR) is 46.6 cm³/mol. The summed E-state index contributed by atoms with van der Waals surface area (Å²) >= 11 is 0. The maximum atomic E-state index is 11.2. The lowest BCUT2D eigenvalue weighted by molar-refractivity contribution is 0.0533. The molecule has 0 spiro atoms. The molecule has 3 heteroatoms. The number of ether oxygens (including phenoxy) is 1. The molecule has 0 unspecified atom stereocenters. The van der Waals surface area contributed by atoms with E-state index >= 15 is 0 Å². The van der Waals surface area contributed by atoms with E-state index in [0.29, 0.717) is 12.2 Å². The number of carbonyl (C=O) groups excluding carboxylic acids is 1. The molecule has 1 aromatic rings. The van der Waals surface area contributed by atoms with Gasteiger partial charge in [-0.3, -0.25) is 0 Å². The SMILES string of the molecule is CCc1ccc(O)c2c1COC2=O. The lowest BCUT2D eigenvalue weighted by Gasteiger charge is -2.03. The van der Waals surface area contributed by atoms with E-state index < -0.39 is 5.97 Å². The zero-order valence-electron chi connectivity index (χ0n) is 7.33. The maximum absolute atomic E-state index is 11.2. The van der Waals surface area contributed by atoms with Crippen molar-refractivity contribution >= 4 is 5.97 Å². The number of hydrogen-bond donors (Lipinski definition) is 1. The summed E-state index contributed by atoms with van der Waals surface area (Å²) in [6.07, 6.45) is 0.846. The molecular formula is C10H10O3. The van der Waals surface area contributed by atoms with Gasteiger partial charge in [0, 0.05) is 5.56 Å². The number of esters is 1. The van der Waals surface area contributed by atoms with Crippen LogP contribution in [-0.4, -0.2) is 11.1 Å². The second kappa shape index (κ2) is 2.76. The highest BCUT2D eigenvalue weighted by Gasteiger charge is 2.26. The van der Waals surface area contributed by atoms with Gasteiger partial charge >= 0.3 is 5.97 Å². The molecule has 0 aromatic heterocycles. The molecule has 0 saturated carbocycles. The van der Waals surface area contributed by atoms with E-state index in [4.69, 9.17) is 4.74 Å². The van der Waals surface area contributed by atoms with Crippen LogP contribution in [0.25, 0.3) is 0 Å². The molecule has 0 aliphatic carbocycles. The summed E-state index contributed by atoms with van der Waals surface area (Å²) < 4.78 is 4.85. The van der Waals surface area contributed by atoms with Gasteiger partial charge in [-0.15, -0.1) is 0 Å². The van der Waals surface area contributed by atoms with Gasteiger partial charge in [-0.1, -0.05) is 13.0 Å². The summed E-state index contributed by atoms with van der Waals surface area (Å²) in [6, 6.07) is 3.38. The van der Waals surface area contributed by atoms with Crippen LogP contribution >= 0.6 is 0 Å². The first-order valence-electron chi connectivity index (χ1n) is 4.25. The Morgan fingerprint density at radius 1 is 1.54 bits per heavy atom. The lowest BCUT2D eigenvalue weighted by Crippen LogP contribution is -1.95. The Morgan fingerprint density at radius 2 is 2.31 bits per heavy atom. The highest BCUT2D eigenvalue weighted by molar-refractivity contribution is 5.96. The fourth-order valence-corrected chi connectivity index (χ4v) is 1.61. The maximum Gasteiger partial charge on any atom is 0.342 e. The highest BCUT2D eigenvalue weighted by atomic mass is 16.5. The van der Waals surface area contributed by atoms with Gasteiger partial charge in [0.15, 0.2) is 0 Å². The number of hydrogen-bond acceptors (Lipinski definition) is 3. The van der Waals surface area contributed by atoms with Gasteiger partial charge in [-0.05, 0) is 18.1 Å². The molecule has 1 aliphatic heterocycles. The Morgan fingerprint density at radius 3 is 3.00 bits per heavy atom. The van der Waals surface area contributed by atoms with Crippen molar-refractivity contribution in [2.45, 2.75) is 20.0 Å². The molecule has 1 aliphatic rings. The van der Waals surface area contributed by atoms with E-state index in [0.717, 1.165) is 17.5 Å². The molecule has 1 aromatic carbocycles. The van der Waals surface area contributed by atoms with Gasteiger partial charge in [0.1, 0.15) is 17.9 Å². The first-order valence-corrected chi connectivity index (χ1v) is 4.25. The second-order valence-corrected chi connectivity index (χ2v) is 3.03. The Hall–Kier alpha value is -1.51. The summed E-state index contributed by atoms with van der Waals surface area (Å²) in [6.45, 7) is 2.31. The molecule has 0 radical (unpaired) electrons. The monoisotopic (exact) mass is 178 g/mol. The summed E-state index contributed by atoms with van der Waals surface area (Å²) in [7, 11) is 0. The third kappa shape index (κ3) is 1.08. The molecule has 2 rings (SSSR count). The third-order valence-corrected chi connectivity index (χ3v) is 2.32. The number of phenolic OH excluding ortho intramolecular Hbond substituents is 1. The average Bonchev–Trinajstić information content (AvgIpc) is 2.50. The van der Waals surface area contributed by atoms with Crippen molar-refractivity contribution in [2.24, 2.45) is 0 Å². The minimum absolute atomic E-state index is 0.0229. The van der Waals surface area contributed by atoms with Gasteiger partial charge in [-0.2, -0.15) is 0 Å². The van der Waals surface area contributed by atoms with Gasteiger partial charge in [0.2, 0.25) is 0 Å². The zero-order valence-corrected chi connectivity index (χ0v) is 7.33. The predicted octanol–water partition coefficient (Wildman–Crippen LogP) is 1.62. The third-order valence-electron chi connectivity index (χ3n) is 2.32. The molecule has 13 heavy (non-hydrogen) atoms. The van der Waals surface area contributed by atoms with E-state index in [1.165, 1.54) is 0 Å². The van der Waals surface area contributed by atoms with E-state index in [1.54, 1.807) is 6.07 Å². The normalized spacial score (nSPS) is 14.1. The molecule has 1 N–H and O–H groups in total.